The number of carbonyl (C=O) groups excluding carboxylic acids is 1. The first-order chi connectivity index (χ1) is 13.5. The molecule has 1 aromatic carbocycles. The van der Waals surface area contributed by atoms with Crippen molar-refractivity contribution in [1.29, 1.82) is 0 Å². The van der Waals surface area contributed by atoms with Gasteiger partial charge in [-0.2, -0.15) is 17.9 Å². The van der Waals surface area contributed by atoms with E-state index in [9.17, 15) is 30.9 Å². The second kappa shape index (κ2) is 9.35. The molecule has 0 heterocycles. The number of ether oxygens (including phenoxy) is 1. The molecule has 8 nitrogen and oxygen atoms in total. The van der Waals surface area contributed by atoms with Crippen LogP contribution in [0, 0.1) is 6.92 Å². The van der Waals surface area contributed by atoms with Crippen LogP contribution in [0.25, 0.3) is 0 Å². The van der Waals surface area contributed by atoms with Crippen LogP contribution in [0.2, 0.25) is 0 Å². The molecule has 0 spiro atoms. The molecular weight excluding hydrogens is 450 g/mol. The summed E-state index contributed by atoms with van der Waals surface area (Å²) in [6, 6.07) is 4.76. The summed E-state index contributed by atoms with van der Waals surface area (Å²) in [6.07, 6.45) is -7.99. The molecular formula is C17H25F3NO7PS. The molecule has 0 aromatic heterocycles. The molecule has 1 N–H and O–H groups in total. The topological polar surface area (TPSA) is 108 Å². The number of hydrogen-bond donors (Lipinski definition) is 1. The van der Waals surface area contributed by atoms with Crippen LogP contribution in [0.1, 0.15) is 33.3 Å². The highest BCUT2D eigenvalue weighted by Gasteiger charge is 2.76. The Morgan fingerprint density at radius 1 is 1.03 bits per heavy atom. The predicted molar refractivity (Wildman–Crippen MR) is 102 cm³/mol. The number of carbonyl (C=O) groups is 1. The van der Waals surface area contributed by atoms with Crippen molar-refractivity contribution in [1.82, 2.24) is 4.72 Å². The Hall–Kier alpha value is -1.46. The summed E-state index contributed by atoms with van der Waals surface area (Å²) in [7, 11) is -10.0. The van der Waals surface area contributed by atoms with Crippen LogP contribution in [0.15, 0.2) is 29.2 Å². The quantitative estimate of drug-likeness (QED) is 0.428. The van der Waals surface area contributed by atoms with Gasteiger partial charge in [0, 0.05) is 0 Å². The Morgan fingerprint density at radius 2 is 1.47 bits per heavy atom. The third-order valence-corrected chi connectivity index (χ3v) is 8.00. The lowest BCUT2D eigenvalue weighted by Gasteiger charge is -2.39. The van der Waals surface area contributed by atoms with Crippen molar-refractivity contribution in [2.24, 2.45) is 0 Å². The highest BCUT2D eigenvalue weighted by Crippen LogP contribution is 2.66. The van der Waals surface area contributed by atoms with E-state index in [4.69, 9.17) is 9.05 Å². The number of aryl methyl sites for hydroxylation is 1. The average molecular weight is 475 g/mol. The predicted octanol–water partition coefficient (Wildman–Crippen LogP) is 3.75. The number of hydrogen-bond acceptors (Lipinski definition) is 7. The molecule has 1 aromatic rings. The SMILES string of the molecule is COC(=O)[C@](NS(=O)(=O)c1ccc(C)cc1)(C(F)(F)F)P(=O)(OC(C)C)OC(C)C. The van der Waals surface area contributed by atoms with E-state index in [1.54, 1.807) is 6.92 Å². The fraction of sp³-hybridized carbons (Fsp3) is 0.588. The highest BCUT2D eigenvalue weighted by molar-refractivity contribution is 7.90. The number of methoxy groups -OCH3 is 1. The molecule has 30 heavy (non-hydrogen) atoms. The first-order valence-corrected chi connectivity index (χ1v) is 11.8. The molecule has 1 rings (SSSR count). The van der Waals surface area contributed by atoms with Crippen molar-refractivity contribution >= 4 is 23.6 Å². The summed E-state index contributed by atoms with van der Waals surface area (Å²) in [4.78, 5) is 11.9. The zero-order valence-corrected chi connectivity index (χ0v) is 19.0. The first kappa shape index (κ1) is 26.6. The minimum absolute atomic E-state index is 0.591. The molecule has 0 aliphatic rings. The van der Waals surface area contributed by atoms with E-state index in [0.29, 0.717) is 12.7 Å². The molecule has 0 saturated heterocycles. The zero-order valence-electron chi connectivity index (χ0n) is 17.3. The largest absolute Gasteiger partial charge is 0.467 e. The van der Waals surface area contributed by atoms with Crippen LogP contribution >= 0.6 is 7.60 Å². The molecule has 0 amide bonds. The van der Waals surface area contributed by atoms with Gasteiger partial charge in [0.1, 0.15) is 0 Å². The summed E-state index contributed by atoms with van der Waals surface area (Å²) in [6.45, 7) is 6.65. The zero-order chi connectivity index (χ0) is 23.5. The van der Waals surface area contributed by atoms with Crippen LogP contribution in [0.5, 0.6) is 0 Å². The van der Waals surface area contributed by atoms with Crippen LogP contribution in [0.4, 0.5) is 13.2 Å². The monoisotopic (exact) mass is 475 g/mol. The average Bonchev–Trinajstić information content (AvgIpc) is 2.56. The number of sulfonamides is 1. The lowest BCUT2D eigenvalue weighted by atomic mass is 10.2. The number of benzene rings is 1. The molecule has 0 fully saturated rings. The van der Waals surface area contributed by atoms with Gasteiger partial charge < -0.3 is 13.8 Å². The normalized spacial score (nSPS) is 15.3. The van der Waals surface area contributed by atoms with Gasteiger partial charge in [0.2, 0.25) is 10.0 Å². The fourth-order valence-electron chi connectivity index (χ4n) is 2.39. The van der Waals surface area contributed by atoms with Gasteiger partial charge in [-0.05, 0) is 46.8 Å². The Labute approximate surface area is 173 Å². The smallest absolute Gasteiger partial charge is 0.430 e. The van der Waals surface area contributed by atoms with E-state index in [-0.39, 0.29) is 0 Å². The number of nitrogens with one attached hydrogen (secondary N) is 1. The summed E-state index contributed by atoms with van der Waals surface area (Å²) in [5.74, 6) is -2.18. The van der Waals surface area contributed by atoms with Crippen molar-refractivity contribution in [3.05, 3.63) is 29.8 Å². The Bertz CT molecular complexity index is 887. The van der Waals surface area contributed by atoms with Crippen molar-refractivity contribution in [2.45, 2.75) is 63.2 Å². The minimum atomic E-state index is -5.75. The maximum absolute atomic E-state index is 14.4. The maximum atomic E-state index is 14.4. The maximum Gasteiger partial charge on any atom is 0.430 e. The molecule has 1 atom stereocenters. The second-order valence-corrected chi connectivity index (χ2v) is 10.7. The molecule has 13 heteroatoms. The van der Waals surface area contributed by atoms with Gasteiger partial charge in [-0.15, -0.1) is 0 Å². The molecule has 0 saturated carbocycles. The molecule has 0 bridgehead atoms. The Morgan fingerprint density at radius 3 is 1.80 bits per heavy atom. The van der Waals surface area contributed by atoms with Crippen LogP contribution in [-0.4, -0.2) is 45.2 Å². The Kier molecular flexibility index (Phi) is 8.29. The lowest BCUT2D eigenvalue weighted by molar-refractivity contribution is -0.193. The van der Waals surface area contributed by atoms with E-state index in [1.807, 2.05) is 0 Å². The molecule has 0 aliphatic heterocycles. The summed E-state index contributed by atoms with van der Waals surface area (Å²) < 4.78 is 97.5. The summed E-state index contributed by atoms with van der Waals surface area (Å²) >= 11 is 0. The van der Waals surface area contributed by atoms with Crippen LogP contribution in [0.3, 0.4) is 0 Å². The highest BCUT2D eigenvalue weighted by atomic mass is 32.2. The number of halogens is 3. The van der Waals surface area contributed by atoms with E-state index in [0.717, 1.165) is 12.1 Å². The third-order valence-electron chi connectivity index (χ3n) is 3.61. The van der Waals surface area contributed by atoms with Crippen LogP contribution < -0.4 is 4.72 Å². The minimum Gasteiger partial charge on any atom is -0.467 e. The molecule has 0 aliphatic carbocycles. The standard InChI is InChI=1S/C17H25F3NO7PS/c1-11(2)27-29(23,28-12(3)4)16(15(22)26-6,17(18,19)20)21-30(24,25)14-9-7-13(5)8-10-14/h7-12,21H,1-6H3/t16-/m1/s1. The van der Waals surface area contributed by atoms with Gasteiger partial charge in [0.25, 0.3) is 0 Å². The van der Waals surface area contributed by atoms with Crippen molar-refractivity contribution in [3.8, 4) is 0 Å². The number of rotatable bonds is 9. The second-order valence-electron chi connectivity index (χ2n) is 6.92. The van der Waals surface area contributed by atoms with E-state index < -0.39 is 52.1 Å². The Balaban J connectivity index is 3.86. The fourth-order valence-corrected chi connectivity index (χ4v) is 6.50. The molecule has 0 radical (unpaired) electrons. The van der Waals surface area contributed by atoms with Crippen molar-refractivity contribution in [2.75, 3.05) is 7.11 Å². The van der Waals surface area contributed by atoms with E-state index in [2.05, 4.69) is 4.74 Å². The lowest BCUT2D eigenvalue weighted by Crippen LogP contribution is -2.64. The summed E-state index contributed by atoms with van der Waals surface area (Å²) in [5.41, 5.74) is 0.640. The number of alkyl halides is 3. The summed E-state index contributed by atoms with van der Waals surface area (Å²) in [5, 5.41) is -4.34. The van der Waals surface area contributed by atoms with E-state index in [1.165, 1.54) is 44.5 Å². The van der Waals surface area contributed by atoms with Crippen molar-refractivity contribution < 1.29 is 44.7 Å². The van der Waals surface area contributed by atoms with Gasteiger partial charge >= 0.3 is 25.0 Å². The molecule has 172 valence electrons. The number of esters is 1. The van der Waals surface area contributed by atoms with Gasteiger partial charge in [0.05, 0.1) is 24.2 Å². The van der Waals surface area contributed by atoms with Gasteiger partial charge in [-0.3, -0.25) is 4.57 Å². The van der Waals surface area contributed by atoms with Gasteiger partial charge in [-0.1, -0.05) is 17.7 Å². The molecule has 0 unspecified atom stereocenters. The van der Waals surface area contributed by atoms with Gasteiger partial charge in [-0.25, -0.2) is 13.2 Å². The van der Waals surface area contributed by atoms with E-state index >= 15 is 0 Å². The third kappa shape index (κ3) is 5.42. The van der Waals surface area contributed by atoms with Gasteiger partial charge in [0.15, 0.2) is 0 Å². The van der Waals surface area contributed by atoms with Crippen molar-refractivity contribution in [3.63, 3.8) is 0 Å². The van der Waals surface area contributed by atoms with Crippen LogP contribution in [-0.2, 0) is 33.2 Å². The first-order valence-electron chi connectivity index (χ1n) is 8.75.